The average Bonchev–Trinajstić information content (AvgIpc) is 3.31. The van der Waals surface area contributed by atoms with Crippen molar-refractivity contribution in [1.29, 1.82) is 0 Å². The normalized spacial score (nSPS) is 18.9. The third kappa shape index (κ3) is 3.97. The van der Waals surface area contributed by atoms with Gasteiger partial charge in [0.15, 0.2) is 0 Å². The Bertz CT molecular complexity index is 1240. The second kappa shape index (κ2) is 7.76. The molecular formula is C21H26N4O5S. The van der Waals surface area contributed by atoms with Crippen molar-refractivity contribution in [2.24, 2.45) is 7.05 Å². The van der Waals surface area contributed by atoms with Gasteiger partial charge in [0.25, 0.3) is 10.0 Å². The van der Waals surface area contributed by atoms with Crippen LogP contribution in [-0.2, 0) is 26.5 Å². The Kier molecular flexibility index (Phi) is 5.38. The fourth-order valence-corrected chi connectivity index (χ4v) is 5.55. The lowest BCUT2D eigenvalue weighted by molar-refractivity contribution is -0.0592. The van der Waals surface area contributed by atoms with Crippen LogP contribution >= 0.6 is 0 Å². The number of nitrogens with zero attached hydrogens (tertiary/aromatic N) is 4. The van der Waals surface area contributed by atoms with Gasteiger partial charge in [-0.3, -0.25) is 4.68 Å². The summed E-state index contributed by atoms with van der Waals surface area (Å²) in [6.07, 6.45) is 3.05. The second-order valence-electron chi connectivity index (χ2n) is 8.37. The predicted octanol–water partition coefficient (Wildman–Crippen LogP) is 2.86. The van der Waals surface area contributed by atoms with Gasteiger partial charge in [-0.05, 0) is 63.3 Å². The molecule has 3 heterocycles. The molecule has 1 atom stereocenters. The fourth-order valence-electron chi connectivity index (χ4n) is 4.12. The summed E-state index contributed by atoms with van der Waals surface area (Å²) >= 11 is 0. The van der Waals surface area contributed by atoms with Crippen LogP contribution in [0.15, 0.2) is 35.5 Å². The molecule has 31 heavy (non-hydrogen) atoms. The number of carbonyl (C=O) groups excluding carboxylic acids is 1. The van der Waals surface area contributed by atoms with Gasteiger partial charge in [0, 0.05) is 19.0 Å². The summed E-state index contributed by atoms with van der Waals surface area (Å²) < 4.78 is 39.9. The molecule has 0 spiro atoms. The molecule has 0 radical (unpaired) electrons. The number of esters is 1. The van der Waals surface area contributed by atoms with E-state index in [1.165, 1.54) is 10.9 Å². The van der Waals surface area contributed by atoms with Crippen molar-refractivity contribution in [3.63, 3.8) is 0 Å². The summed E-state index contributed by atoms with van der Waals surface area (Å²) in [4.78, 5) is 12.6. The molecule has 166 valence electrons. The van der Waals surface area contributed by atoms with E-state index in [0.29, 0.717) is 23.4 Å². The zero-order chi connectivity index (χ0) is 22.4. The molecular weight excluding hydrogens is 420 g/mol. The highest BCUT2D eigenvalue weighted by atomic mass is 32.2. The number of hydrogen-bond donors (Lipinski definition) is 0. The summed E-state index contributed by atoms with van der Waals surface area (Å²) in [6.45, 7) is 6.62. The predicted molar refractivity (Wildman–Crippen MR) is 113 cm³/mol. The third-order valence-corrected chi connectivity index (χ3v) is 7.11. The standard InChI is InChI=1S/C21H26N4O5S/c1-5-29-20(26)18-11-16-10-14(15-8-9-30-21(2,3)12-15)6-7-17(16)25(18)31(27,28)19-13-24(4)23-22-19/h6-7,10-11,13,15H,5,8-9,12H2,1-4H3/t15-/m0/s1. The van der Waals surface area contributed by atoms with Crippen molar-refractivity contribution < 1.29 is 22.7 Å². The lowest BCUT2D eigenvalue weighted by atomic mass is 9.83. The van der Waals surface area contributed by atoms with Crippen molar-refractivity contribution in [3.05, 3.63) is 41.7 Å². The van der Waals surface area contributed by atoms with Crippen molar-refractivity contribution in [1.82, 2.24) is 19.0 Å². The maximum atomic E-state index is 13.3. The van der Waals surface area contributed by atoms with E-state index in [4.69, 9.17) is 9.47 Å². The number of rotatable bonds is 5. The number of carbonyl (C=O) groups is 1. The maximum absolute atomic E-state index is 13.3. The Morgan fingerprint density at radius 1 is 1.32 bits per heavy atom. The average molecular weight is 447 g/mol. The van der Waals surface area contributed by atoms with E-state index in [0.717, 1.165) is 22.4 Å². The van der Waals surface area contributed by atoms with E-state index in [-0.39, 0.29) is 22.9 Å². The number of fused-ring (bicyclic) bond motifs is 1. The molecule has 1 fully saturated rings. The van der Waals surface area contributed by atoms with Gasteiger partial charge in [-0.15, -0.1) is 5.10 Å². The van der Waals surface area contributed by atoms with E-state index >= 15 is 0 Å². The van der Waals surface area contributed by atoms with Gasteiger partial charge >= 0.3 is 5.97 Å². The zero-order valence-electron chi connectivity index (χ0n) is 18.0. The summed E-state index contributed by atoms with van der Waals surface area (Å²) in [5.74, 6) is -0.418. The van der Waals surface area contributed by atoms with E-state index in [1.807, 2.05) is 12.1 Å². The topological polar surface area (TPSA) is 105 Å². The highest BCUT2D eigenvalue weighted by molar-refractivity contribution is 7.90. The molecule has 1 saturated heterocycles. The number of ether oxygens (including phenoxy) is 2. The van der Waals surface area contributed by atoms with Gasteiger partial charge in [-0.1, -0.05) is 11.3 Å². The lowest BCUT2D eigenvalue weighted by Gasteiger charge is -2.35. The first-order chi connectivity index (χ1) is 14.6. The van der Waals surface area contributed by atoms with Crippen LogP contribution in [0.5, 0.6) is 0 Å². The molecule has 0 amide bonds. The van der Waals surface area contributed by atoms with Crippen LogP contribution < -0.4 is 0 Å². The van der Waals surface area contributed by atoms with Gasteiger partial charge in [-0.25, -0.2) is 8.77 Å². The Hall–Kier alpha value is -2.72. The van der Waals surface area contributed by atoms with Crippen molar-refractivity contribution in [3.8, 4) is 0 Å². The highest BCUT2D eigenvalue weighted by Gasteiger charge is 2.32. The summed E-state index contributed by atoms with van der Waals surface area (Å²) in [6, 6.07) is 7.18. The fraction of sp³-hybridized carbons (Fsp3) is 0.476. The quantitative estimate of drug-likeness (QED) is 0.555. The van der Waals surface area contributed by atoms with Crippen molar-refractivity contribution in [2.75, 3.05) is 13.2 Å². The van der Waals surface area contributed by atoms with E-state index in [1.54, 1.807) is 26.1 Å². The van der Waals surface area contributed by atoms with E-state index < -0.39 is 16.0 Å². The molecule has 9 nitrogen and oxygen atoms in total. The molecule has 0 N–H and O–H groups in total. The van der Waals surface area contributed by atoms with Gasteiger partial charge in [0.05, 0.1) is 23.9 Å². The van der Waals surface area contributed by atoms with Gasteiger partial charge in [0.1, 0.15) is 5.69 Å². The molecule has 1 aliphatic rings. The van der Waals surface area contributed by atoms with Crippen molar-refractivity contribution in [2.45, 2.75) is 50.2 Å². The van der Waals surface area contributed by atoms with Crippen LogP contribution in [0.2, 0.25) is 0 Å². The van der Waals surface area contributed by atoms with E-state index in [2.05, 4.69) is 24.2 Å². The molecule has 0 bridgehead atoms. The smallest absolute Gasteiger partial charge is 0.356 e. The van der Waals surface area contributed by atoms with Crippen molar-refractivity contribution >= 4 is 26.9 Å². The summed E-state index contributed by atoms with van der Waals surface area (Å²) in [5.41, 5.74) is 1.21. The lowest BCUT2D eigenvalue weighted by Crippen LogP contribution is -2.32. The van der Waals surface area contributed by atoms with E-state index in [9.17, 15) is 13.2 Å². The van der Waals surface area contributed by atoms with Crippen LogP contribution in [0, 0.1) is 0 Å². The second-order valence-corrected chi connectivity index (χ2v) is 10.1. The van der Waals surface area contributed by atoms with Crippen LogP contribution in [-0.4, -0.2) is 52.2 Å². The highest BCUT2D eigenvalue weighted by Crippen LogP contribution is 2.37. The molecule has 2 aromatic heterocycles. The Labute approximate surface area is 181 Å². The third-order valence-electron chi connectivity index (χ3n) is 5.52. The van der Waals surface area contributed by atoms with Gasteiger partial charge < -0.3 is 9.47 Å². The first-order valence-corrected chi connectivity index (χ1v) is 11.6. The van der Waals surface area contributed by atoms with Crippen LogP contribution in [0.25, 0.3) is 10.9 Å². The molecule has 0 unspecified atom stereocenters. The minimum atomic E-state index is -4.15. The monoisotopic (exact) mass is 446 g/mol. The Morgan fingerprint density at radius 2 is 2.10 bits per heavy atom. The van der Waals surface area contributed by atoms with Gasteiger partial charge in [-0.2, -0.15) is 8.42 Å². The first kappa shape index (κ1) is 21.5. The Morgan fingerprint density at radius 3 is 2.74 bits per heavy atom. The SMILES string of the molecule is CCOC(=O)c1cc2cc([C@H]3CCOC(C)(C)C3)ccc2n1S(=O)(=O)c1cn(C)nn1. The molecule has 4 rings (SSSR count). The molecule has 0 saturated carbocycles. The molecule has 3 aromatic rings. The van der Waals surface area contributed by atoms with Crippen LogP contribution in [0.1, 0.15) is 55.6 Å². The first-order valence-electron chi connectivity index (χ1n) is 10.2. The Balaban J connectivity index is 1.86. The minimum Gasteiger partial charge on any atom is -0.461 e. The number of aryl methyl sites for hydroxylation is 1. The summed E-state index contributed by atoms with van der Waals surface area (Å²) in [5, 5.41) is 7.87. The van der Waals surface area contributed by atoms with Crippen LogP contribution in [0.3, 0.4) is 0 Å². The molecule has 1 aliphatic heterocycles. The molecule has 1 aromatic carbocycles. The minimum absolute atomic E-state index is 0.0630. The molecule has 10 heteroatoms. The summed E-state index contributed by atoms with van der Waals surface area (Å²) in [7, 11) is -2.57. The number of aromatic nitrogens is 4. The number of benzene rings is 1. The van der Waals surface area contributed by atoms with Crippen LogP contribution in [0.4, 0.5) is 0 Å². The number of hydrogen-bond acceptors (Lipinski definition) is 7. The zero-order valence-corrected chi connectivity index (χ0v) is 18.8. The van der Waals surface area contributed by atoms with Gasteiger partial charge in [0.2, 0.25) is 5.03 Å². The molecule has 0 aliphatic carbocycles. The largest absolute Gasteiger partial charge is 0.461 e. The maximum Gasteiger partial charge on any atom is 0.356 e.